The van der Waals surface area contributed by atoms with E-state index in [0.717, 1.165) is 9.80 Å². The van der Waals surface area contributed by atoms with Gasteiger partial charge < -0.3 is 79.7 Å². The van der Waals surface area contributed by atoms with Crippen molar-refractivity contribution in [3.05, 3.63) is 0 Å². The molecule has 6 heterocycles. The summed E-state index contributed by atoms with van der Waals surface area (Å²) in [6.45, 7) is 33.1. The Morgan fingerprint density at radius 2 is 0.576 bits per heavy atom. The second-order valence-electron chi connectivity index (χ2n) is 29.7. The highest BCUT2D eigenvalue weighted by atomic mass is 19.1. The first kappa shape index (κ1) is 83.4. The van der Waals surface area contributed by atoms with Crippen molar-refractivity contribution in [3.63, 3.8) is 0 Å². The van der Waals surface area contributed by atoms with Crippen molar-refractivity contribution in [1.29, 1.82) is 0 Å². The number of hydrogen-bond donors (Lipinski definition) is 8. The van der Waals surface area contributed by atoms with Crippen molar-refractivity contribution in [3.8, 4) is 0 Å². The molecular weight excluding hydrogens is 1220 g/mol. The number of ether oxygens (including phenoxy) is 2. The van der Waals surface area contributed by atoms with E-state index in [-0.39, 0.29) is 67.5 Å². The highest BCUT2D eigenvalue weighted by Crippen LogP contribution is 2.33. The lowest BCUT2D eigenvalue weighted by Crippen LogP contribution is -2.49. The molecule has 0 unspecified atom stereocenters. The Labute approximate surface area is 537 Å². The molecule has 6 rings (SSSR count). The molecule has 12 atom stereocenters. The molecule has 8 N–H and O–H groups in total. The topological polar surface area (TPSA) is 405 Å². The van der Waals surface area contributed by atoms with E-state index in [0.29, 0.717) is 51.9 Å². The first-order valence-corrected chi connectivity index (χ1v) is 30.5. The van der Waals surface area contributed by atoms with Crippen LogP contribution in [0.25, 0.3) is 0 Å². The van der Waals surface area contributed by atoms with Crippen molar-refractivity contribution in [2.24, 2.45) is 32.5 Å². The van der Waals surface area contributed by atoms with Crippen LogP contribution in [0.5, 0.6) is 0 Å². The predicted molar refractivity (Wildman–Crippen MR) is 327 cm³/mol. The van der Waals surface area contributed by atoms with Crippen molar-refractivity contribution in [1.82, 2.24) is 29.4 Å². The van der Waals surface area contributed by atoms with Crippen LogP contribution in [-0.2, 0) is 67.0 Å². The third-order valence-corrected chi connectivity index (χ3v) is 15.6. The third kappa shape index (κ3) is 22.5. The van der Waals surface area contributed by atoms with Crippen LogP contribution in [0.2, 0.25) is 0 Å². The van der Waals surface area contributed by atoms with Crippen molar-refractivity contribution in [2.75, 3.05) is 53.5 Å². The zero-order chi connectivity index (χ0) is 72.2. The normalized spacial score (nSPS) is 26.5. The maximum Gasteiger partial charge on any atom is 0.329 e. The van der Waals surface area contributed by atoms with Gasteiger partial charge in [-0.2, -0.15) is 0 Å². The third-order valence-electron chi connectivity index (χ3n) is 15.6. The van der Waals surface area contributed by atoms with Gasteiger partial charge in [-0.15, -0.1) is 0 Å². The van der Waals surface area contributed by atoms with Crippen molar-refractivity contribution >= 4 is 71.3 Å². The Kier molecular flexibility index (Phi) is 29.9. The molecule has 6 amide bonds. The Bertz CT molecular complexity index is 2380. The molecule has 0 bridgehead atoms. The van der Waals surface area contributed by atoms with Crippen LogP contribution in [0.15, 0.2) is 0 Å². The van der Waals surface area contributed by atoms with E-state index < -0.39 is 135 Å². The number of halogens is 2. The summed E-state index contributed by atoms with van der Waals surface area (Å²) in [6.07, 6.45) is -3.54. The van der Waals surface area contributed by atoms with Gasteiger partial charge in [0.15, 0.2) is 30.2 Å². The number of hydrogen-bond acceptors (Lipinski definition) is 16. The lowest BCUT2D eigenvalue weighted by molar-refractivity contribution is -0.155. The van der Waals surface area contributed by atoms with Gasteiger partial charge in [-0.25, -0.2) is 37.5 Å². The minimum absolute atomic E-state index is 0.110. The fourth-order valence-corrected chi connectivity index (χ4v) is 10.7. The largest absolute Gasteiger partial charge is 0.480 e. The molecule has 0 spiro atoms. The van der Waals surface area contributed by atoms with E-state index in [1.807, 2.05) is 0 Å². The number of carboxylic acid groups (broad SMARTS) is 6. The van der Waals surface area contributed by atoms with E-state index in [2.05, 4.69) is 0 Å². The van der Waals surface area contributed by atoms with E-state index in [1.54, 1.807) is 125 Å². The van der Waals surface area contributed by atoms with Crippen LogP contribution in [-0.4, -0.2) is 268 Å². The fourth-order valence-electron chi connectivity index (χ4n) is 10.7. The quantitative estimate of drug-likeness (QED) is 0.172. The Morgan fingerprint density at radius 3 is 0.815 bits per heavy atom. The van der Waals surface area contributed by atoms with Gasteiger partial charge in [0.25, 0.3) is 0 Å². The van der Waals surface area contributed by atoms with Gasteiger partial charge in [0.1, 0.15) is 18.4 Å². The second-order valence-corrected chi connectivity index (χ2v) is 29.7. The summed E-state index contributed by atoms with van der Waals surface area (Å²) in [7, 11) is 3.01. The van der Waals surface area contributed by atoms with E-state index in [4.69, 9.17) is 40.1 Å². The molecular formula is C62H104F2N6O22. The van der Waals surface area contributed by atoms with E-state index >= 15 is 0 Å². The zero-order valence-corrected chi connectivity index (χ0v) is 57.1. The van der Waals surface area contributed by atoms with Crippen LogP contribution in [0.4, 0.5) is 8.78 Å². The van der Waals surface area contributed by atoms with Gasteiger partial charge in [-0.3, -0.25) is 28.8 Å². The number of carbonyl (C=O) groups excluding carboxylic acids is 6. The van der Waals surface area contributed by atoms with Gasteiger partial charge in [0.2, 0.25) is 35.4 Å². The summed E-state index contributed by atoms with van der Waals surface area (Å²) < 4.78 is 36.8. The number of aliphatic hydroxyl groups excluding tert-OH is 2. The summed E-state index contributed by atoms with van der Waals surface area (Å²) in [5.41, 5.74) is -3.68. The number of nitrogens with zero attached hydrogens (tertiary/aromatic N) is 6. The van der Waals surface area contributed by atoms with Gasteiger partial charge in [-0.1, -0.05) is 125 Å². The molecule has 30 heteroatoms. The van der Waals surface area contributed by atoms with Crippen molar-refractivity contribution in [2.45, 2.75) is 236 Å². The Hall–Kier alpha value is -6.66. The first-order chi connectivity index (χ1) is 41.5. The smallest absolute Gasteiger partial charge is 0.329 e. The average molecular weight is 1320 g/mol. The molecule has 28 nitrogen and oxygen atoms in total. The minimum Gasteiger partial charge on any atom is -0.480 e. The van der Waals surface area contributed by atoms with Gasteiger partial charge in [0.05, 0.1) is 24.4 Å². The number of rotatable bonds is 8. The summed E-state index contributed by atoms with van der Waals surface area (Å²) in [5.74, 6) is -8.13. The van der Waals surface area contributed by atoms with Crippen LogP contribution in [0.1, 0.15) is 163 Å². The second kappa shape index (κ2) is 32.9. The highest BCUT2D eigenvalue weighted by molar-refractivity contribution is 5.91. The Balaban J connectivity index is 0.000000552. The molecule has 6 aliphatic rings. The number of carbonyl (C=O) groups is 12. The average Bonchev–Trinajstić information content (AvgIpc) is 1.70. The molecule has 0 aromatic carbocycles. The number of likely N-dealkylation sites (tertiary alicyclic amines) is 6. The van der Waals surface area contributed by atoms with E-state index in [9.17, 15) is 76.5 Å². The summed E-state index contributed by atoms with van der Waals surface area (Å²) in [5, 5.41) is 72.6. The van der Waals surface area contributed by atoms with Crippen LogP contribution in [0, 0.1) is 32.5 Å². The molecule has 0 aliphatic carbocycles. The number of amides is 6. The molecule has 0 aromatic heterocycles. The number of aliphatic carboxylic acids is 6. The molecule has 6 fully saturated rings. The van der Waals surface area contributed by atoms with Crippen LogP contribution in [0.3, 0.4) is 0 Å². The van der Waals surface area contributed by atoms with Gasteiger partial charge in [0, 0.05) is 92.4 Å². The maximum absolute atomic E-state index is 13.3. The molecule has 92 heavy (non-hydrogen) atoms. The van der Waals surface area contributed by atoms with Gasteiger partial charge >= 0.3 is 35.8 Å². The first-order valence-electron chi connectivity index (χ1n) is 30.5. The highest BCUT2D eigenvalue weighted by Gasteiger charge is 2.50. The standard InChI is InChI=1S/2C11H19NO4.2C10H16FNO3.2C10H17NO4/c1-11(2,3)10(15)12-6-7(16-4)5-8(12)9(13)14;1-11(2,3)10(15)12-6-5-7(16-4)8(12)9(13)14;2*1-10(2,3)9(15)12-5-4-6(11)7(12)8(13)14;2*1-10(2,3)9(15)11-5-4-6(12)7(11)8(13)14/h2*7-8H,5-6H2,1-4H3,(H,13,14);2*6-7H,4-5H2,1-3H3,(H,13,14);2*6-7,12H,4-5H2,1-3H3,(H,13,14)/t7-,8+;7-,8-;6-,7+;6-,7-;6-,7+;6-,7-/m101010/s1. The lowest BCUT2D eigenvalue weighted by Gasteiger charge is -2.29. The number of aliphatic hydroxyl groups is 2. The summed E-state index contributed by atoms with van der Waals surface area (Å²) in [6, 6.07) is -6.39. The summed E-state index contributed by atoms with van der Waals surface area (Å²) >= 11 is 0. The number of carboxylic acids is 6. The van der Waals surface area contributed by atoms with Crippen molar-refractivity contribution < 1.29 is 117 Å². The summed E-state index contributed by atoms with van der Waals surface area (Å²) in [4.78, 5) is 145. The van der Waals surface area contributed by atoms with Gasteiger partial charge in [-0.05, 0) is 32.1 Å². The lowest BCUT2D eigenvalue weighted by atomic mass is 9.94. The van der Waals surface area contributed by atoms with Crippen LogP contribution >= 0.6 is 0 Å². The fraction of sp³-hybridized carbons (Fsp3) is 0.806. The van der Waals surface area contributed by atoms with E-state index in [1.165, 1.54) is 33.8 Å². The molecule has 528 valence electrons. The Morgan fingerprint density at radius 1 is 0.337 bits per heavy atom. The van der Waals surface area contributed by atoms with Crippen LogP contribution < -0.4 is 0 Å². The monoisotopic (exact) mass is 1320 g/mol. The molecule has 6 saturated heterocycles. The molecule has 0 aromatic rings. The minimum atomic E-state index is -1.45. The molecule has 0 saturated carbocycles. The SMILES string of the molecule is CC(C)(C)C(=O)N1CC[C@@H](F)[C@H]1C(=O)O.CC(C)(C)C(=O)N1CC[C@@H](O)[C@H]1C(=O)O.CC(C)(C)C(=O)N1CC[C@H](F)[C@H]1C(=O)O.CC(C)(C)C(=O)N1CC[C@H](O)[C@H]1C(=O)O.CO[C@@H]1C[C@@H](C(=O)O)N(C(=O)C(C)(C)C)C1.CO[C@H]1CCN(C(=O)C(C)(C)C)[C@@H]1C(=O)O. The molecule has 6 aliphatic heterocycles. The number of alkyl halides is 2. The number of methoxy groups -OCH3 is 2. The zero-order valence-electron chi connectivity index (χ0n) is 57.1. The maximum atomic E-state index is 13.3. The molecule has 0 radical (unpaired) electrons. The predicted octanol–water partition coefficient (Wildman–Crippen LogP) is 3.74.